The van der Waals surface area contributed by atoms with Gasteiger partial charge in [0, 0.05) is 12.0 Å². The molecule has 0 bridgehead atoms. The van der Waals surface area contributed by atoms with Crippen molar-refractivity contribution >= 4 is 11.6 Å². The van der Waals surface area contributed by atoms with Crippen LogP contribution in [-0.4, -0.2) is 17.6 Å². The Balaban J connectivity index is 2.77. The molecule has 0 saturated carbocycles. The third-order valence-electron chi connectivity index (χ3n) is 2.03. The van der Waals surface area contributed by atoms with Crippen LogP contribution in [0.25, 0.3) is 0 Å². The van der Waals surface area contributed by atoms with E-state index in [0.717, 1.165) is 0 Å². The van der Waals surface area contributed by atoms with Gasteiger partial charge < -0.3 is 5.73 Å². The molecule has 78 valence electrons. The summed E-state index contributed by atoms with van der Waals surface area (Å²) >= 11 is 0. The average Bonchev–Trinajstić information content (AvgIpc) is 2.28. The minimum Gasteiger partial charge on any atom is -0.315 e. The maximum Gasteiger partial charge on any atom is 0.187 e. The normalized spacial score (nSPS) is 11.8. The van der Waals surface area contributed by atoms with Crippen LogP contribution in [-0.2, 0) is 4.79 Å². The highest BCUT2D eigenvalue weighted by molar-refractivity contribution is 6.14. The molecule has 0 fully saturated rings. The first-order chi connectivity index (χ1) is 7.16. The lowest BCUT2D eigenvalue weighted by molar-refractivity contribution is -0.118. The molecule has 1 unspecified atom stereocenters. The summed E-state index contributed by atoms with van der Waals surface area (Å²) in [6.07, 6.45) is 1.57. The van der Waals surface area contributed by atoms with Crippen molar-refractivity contribution in [2.75, 3.05) is 0 Å². The second kappa shape index (κ2) is 5.22. The van der Waals surface area contributed by atoms with Gasteiger partial charge in [-0.15, -0.1) is 6.58 Å². The van der Waals surface area contributed by atoms with Crippen LogP contribution in [0.2, 0.25) is 0 Å². The number of hydrogen-bond acceptors (Lipinski definition) is 3. The first-order valence-corrected chi connectivity index (χ1v) is 4.65. The van der Waals surface area contributed by atoms with Crippen LogP contribution in [0.1, 0.15) is 16.8 Å². The molecule has 0 aliphatic rings. The second-order valence-electron chi connectivity index (χ2n) is 3.17. The lowest BCUT2D eigenvalue weighted by atomic mass is 10.00. The number of nitrogens with two attached hydrogens (primary N) is 1. The van der Waals surface area contributed by atoms with Gasteiger partial charge in [-0.05, 0) is 0 Å². The van der Waals surface area contributed by atoms with Crippen molar-refractivity contribution in [2.45, 2.75) is 12.5 Å². The number of Topliss-reactive ketones (excluding diaryl/α,β-unsaturated/α-hetero) is 2. The molecule has 2 N–H and O–H groups in total. The van der Waals surface area contributed by atoms with Gasteiger partial charge in [0.25, 0.3) is 0 Å². The third kappa shape index (κ3) is 2.86. The van der Waals surface area contributed by atoms with Crippen LogP contribution in [0.5, 0.6) is 0 Å². The fourth-order valence-corrected chi connectivity index (χ4v) is 1.20. The summed E-state index contributed by atoms with van der Waals surface area (Å²) in [5.41, 5.74) is 5.99. The Bertz CT molecular complexity index is 370. The Labute approximate surface area is 88.6 Å². The van der Waals surface area contributed by atoms with Gasteiger partial charge >= 0.3 is 0 Å². The molecule has 0 aromatic heterocycles. The van der Waals surface area contributed by atoms with E-state index in [9.17, 15) is 9.59 Å². The van der Waals surface area contributed by atoms with E-state index in [2.05, 4.69) is 6.58 Å². The van der Waals surface area contributed by atoms with Gasteiger partial charge in [-0.25, -0.2) is 0 Å². The Kier molecular flexibility index (Phi) is 3.94. The zero-order chi connectivity index (χ0) is 11.3. The monoisotopic (exact) mass is 203 g/mol. The van der Waals surface area contributed by atoms with Gasteiger partial charge in [0.05, 0.1) is 0 Å². The van der Waals surface area contributed by atoms with Crippen LogP contribution in [0, 0.1) is 0 Å². The largest absolute Gasteiger partial charge is 0.315 e. The molecule has 3 heteroatoms. The van der Waals surface area contributed by atoms with Crippen LogP contribution < -0.4 is 5.73 Å². The summed E-state index contributed by atoms with van der Waals surface area (Å²) in [6, 6.07) is 7.47. The van der Waals surface area contributed by atoms with Gasteiger partial charge in [0.15, 0.2) is 11.6 Å². The van der Waals surface area contributed by atoms with E-state index < -0.39 is 6.04 Å². The van der Waals surface area contributed by atoms with Crippen LogP contribution in [0.15, 0.2) is 43.0 Å². The molecule has 1 aromatic rings. The zero-order valence-corrected chi connectivity index (χ0v) is 8.35. The molecular formula is C12H13NO2. The minimum absolute atomic E-state index is 0.125. The highest BCUT2D eigenvalue weighted by atomic mass is 16.2. The topological polar surface area (TPSA) is 60.2 Å². The van der Waals surface area contributed by atoms with E-state index in [1.54, 1.807) is 30.3 Å². The minimum atomic E-state index is -1.08. The predicted molar refractivity (Wildman–Crippen MR) is 58.6 cm³/mol. The van der Waals surface area contributed by atoms with Gasteiger partial charge in [-0.2, -0.15) is 0 Å². The second-order valence-corrected chi connectivity index (χ2v) is 3.17. The quantitative estimate of drug-likeness (QED) is 0.446. The lowest BCUT2D eigenvalue weighted by Gasteiger charge is -2.07. The molecule has 3 nitrogen and oxygen atoms in total. The summed E-state index contributed by atoms with van der Waals surface area (Å²) in [7, 11) is 0. The van der Waals surface area contributed by atoms with Crippen LogP contribution >= 0.6 is 0 Å². The standard InChI is InChI=1S/C12H13NO2/c1-2-6-10(14)11(13)12(15)9-7-4-3-5-8-9/h2-5,7-8,11H,1,6,13H2. The van der Waals surface area contributed by atoms with Crippen molar-refractivity contribution in [1.82, 2.24) is 0 Å². The molecule has 15 heavy (non-hydrogen) atoms. The predicted octanol–water partition coefficient (Wildman–Crippen LogP) is 1.34. The number of carbonyl (C=O) groups excluding carboxylic acids is 2. The molecule has 0 saturated heterocycles. The number of allylic oxidation sites excluding steroid dienone is 1. The first kappa shape index (κ1) is 11.3. The van der Waals surface area contributed by atoms with Crippen molar-refractivity contribution in [1.29, 1.82) is 0 Å². The van der Waals surface area contributed by atoms with E-state index in [-0.39, 0.29) is 18.0 Å². The maximum absolute atomic E-state index is 11.7. The third-order valence-corrected chi connectivity index (χ3v) is 2.03. The molecule has 0 spiro atoms. The Morgan fingerprint density at radius 1 is 1.33 bits per heavy atom. The Morgan fingerprint density at radius 3 is 2.47 bits per heavy atom. The first-order valence-electron chi connectivity index (χ1n) is 4.65. The Hall–Kier alpha value is -1.74. The summed E-state index contributed by atoms with van der Waals surface area (Å²) in [5.74, 6) is -0.652. The number of ketones is 2. The van der Waals surface area contributed by atoms with Crippen molar-refractivity contribution < 1.29 is 9.59 Å². The number of carbonyl (C=O) groups is 2. The Morgan fingerprint density at radius 2 is 1.93 bits per heavy atom. The van der Waals surface area contributed by atoms with Crippen molar-refractivity contribution in [3.05, 3.63) is 48.6 Å². The van der Waals surface area contributed by atoms with E-state index in [1.165, 1.54) is 6.08 Å². The molecule has 1 aromatic carbocycles. The summed E-state index contributed by atoms with van der Waals surface area (Å²) in [4.78, 5) is 23.0. The molecule has 0 heterocycles. The maximum atomic E-state index is 11.7. The van der Waals surface area contributed by atoms with E-state index in [1.807, 2.05) is 0 Å². The highest BCUT2D eigenvalue weighted by Gasteiger charge is 2.21. The number of benzene rings is 1. The number of rotatable bonds is 5. The van der Waals surface area contributed by atoms with Gasteiger partial charge in [0.2, 0.25) is 0 Å². The van der Waals surface area contributed by atoms with Crippen molar-refractivity contribution in [3.8, 4) is 0 Å². The summed E-state index contributed by atoms with van der Waals surface area (Å²) in [5, 5.41) is 0. The molecule has 0 amide bonds. The molecule has 0 aliphatic heterocycles. The van der Waals surface area contributed by atoms with Gasteiger partial charge in [-0.1, -0.05) is 36.4 Å². The van der Waals surface area contributed by atoms with Crippen molar-refractivity contribution in [3.63, 3.8) is 0 Å². The number of hydrogen-bond donors (Lipinski definition) is 1. The van der Waals surface area contributed by atoms with Crippen LogP contribution in [0.3, 0.4) is 0 Å². The fourth-order valence-electron chi connectivity index (χ4n) is 1.20. The zero-order valence-electron chi connectivity index (χ0n) is 8.35. The van der Waals surface area contributed by atoms with Gasteiger partial charge in [0.1, 0.15) is 6.04 Å². The summed E-state index contributed by atoms with van der Waals surface area (Å²) in [6.45, 7) is 3.43. The molecule has 1 atom stereocenters. The van der Waals surface area contributed by atoms with E-state index in [0.29, 0.717) is 5.56 Å². The SMILES string of the molecule is C=CCC(=O)C(N)C(=O)c1ccccc1. The van der Waals surface area contributed by atoms with Gasteiger partial charge in [-0.3, -0.25) is 9.59 Å². The fraction of sp³-hybridized carbons (Fsp3) is 0.167. The lowest BCUT2D eigenvalue weighted by Crippen LogP contribution is -2.38. The molecule has 0 aliphatic carbocycles. The van der Waals surface area contributed by atoms with Crippen LogP contribution in [0.4, 0.5) is 0 Å². The average molecular weight is 203 g/mol. The molecular weight excluding hydrogens is 190 g/mol. The smallest absolute Gasteiger partial charge is 0.187 e. The summed E-state index contributed by atoms with van der Waals surface area (Å²) < 4.78 is 0. The highest BCUT2D eigenvalue weighted by Crippen LogP contribution is 2.04. The molecule has 1 rings (SSSR count). The van der Waals surface area contributed by atoms with E-state index >= 15 is 0 Å². The molecule has 0 radical (unpaired) electrons. The van der Waals surface area contributed by atoms with Crippen molar-refractivity contribution in [2.24, 2.45) is 5.73 Å². The van der Waals surface area contributed by atoms with E-state index in [4.69, 9.17) is 5.73 Å².